The number of carbonyl (C=O) groups is 4. The summed E-state index contributed by atoms with van der Waals surface area (Å²) in [6, 6.07) is 12.1. The number of aryl methyl sites for hydroxylation is 2. The Morgan fingerprint density at radius 1 is 0.361 bits per heavy atom. The van der Waals surface area contributed by atoms with Gasteiger partial charge in [0.25, 0.3) is 23.6 Å². The van der Waals surface area contributed by atoms with Gasteiger partial charge in [-0.1, -0.05) is 207 Å². The molecule has 396 valence electrons. The highest BCUT2D eigenvalue weighted by Crippen LogP contribution is 2.48. The lowest BCUT2D eigenvalue weighted by molar-refractivity contribution is 0.0557. The fourth-order valence-corrected chi connectivity index (χ4v) is 13.6. The van der Waals surface area contributed by atoms with Crippen molar-refractivity contribution >= 4 is 57.1 Å². The van der Waals surface area contributed by atoms with Crippen LogP contribution in [-0.4, -0.2) is 46.5 Å². The van der Waals surface area contributed by atoms with Gasteiger partial charge in [0.1, 0.15) is 0 Å². The number of thiophene rings is 2. The Hall–Kier alpha value is -3.62. The molecule has 2 aliphatic heterocycles. The van der Waals surface area contributed by atoms with Crippen molar-refractivity contribution in [3.05, 3.63) is 68.4 Å². The van der Waals surface area contributed by atoms with Crippen LogP contribution in [0.2, 0.25) is 0 Å². The summed E-state index contributed by atoms with van der Waals surface area (Å²) in [5, 5.41) is 0.984. The number of rotatable bonds is 38. The van der Waals surface area contributed by atoms with Gasteiger partial charge in [0.05, 0.1) is 11.1 Å². The van der Waals surface area contributed by atoms with Crippen molar-refractivity contribution in [1.82, 2.24) is 9.80 Å². The molecule has 0 bridgehead atoms. The zero-order chi connectivity index (χ0) is 51.2. The van der Waals surface area contributed by atoms with Crippen LogP contribution in [0.15, 0.2) is 36.4 Å². The highest BCUT2D eigenvalue weighted by atomic mass is 32.1. The van der Waals surface area contributed by atoms with Gasteiger partial charge in [0.15, 0.2) is 0 Å². The van der Waals surface area contributed by atoms with Gasteiger partial charge in [-0.15, -0.1) is 22.7 Å². The molecule has 6 nitrogen and oxygen atoms in total. The Balaban J connectivity index is 1.37. The molecule has 4 heterocycles. The van der Waals surface area contributed by atoms with Crippen molar-refractivity contribution in [2.75, 3.05) is 13.1 Å². The summed E-state index contributed by atoms with van der Waals surface area (Å²) in [6.45, 7) is 13.9. The number of hydrogen-bond acceptors (Lipinski definition) is 6. The third-order valence-corrected chi connectivity index (χ3v) is 18.1. The Morgan fingerprint density at radius 3 is 0.903 bits per heavy atom. The Bertz CT molecular complexity index is 2180. The second kappa shape index (κ2) is 30.7. The van der Waals surface area contributed by atoms with Gasteiger partial charge in [-0.05, 0) is 87.8 Å². The quantitative estimate of drug-likeness (QED) is 0.0331. The van der Waals surface area contributed by atoms with Crippen LogP contribution in [-0.2, 0) is 0 Å². The van der Waals surface area contributed by atoms with Crippen LogP contribution in [0.5, 0.6) is 0 Å². The van der Waals surface area contributed by atoms with Crippen molar-refractivity contribution in [2.24, 2.45) is 11.8 Å². The summed E-state index contributed by atoms with van der Waals surface area (Å²) in [6.07, 6.45) is 38.4. The standard InChI is InChI=1S/C64H94N2O4S2/c1-7-11-15-19-23-25-29-33-37-49(35-31-27-21-17-13-9-3)45-65-61(67)53-43-52(56-42-40-48(6)72-56)60-58-54(44-51(55-41-39-47(5)71-55)59(57(53)58)63(65)69)62(68)66(64(60)70)46-50(36-32-28-22-18-14-10-4)38-34-30-26-24-20-16-12-8-2/h39-44,49-50H,7-38,45-46H2,1-6H3. The predicted octanol–water partition coefficient (Wildman–Crippen LogP) is 19.9. The molecule has 4 amide bonds. The topological polar surface area (TPSA) is 74.8 Å². The molecule has 8 heteroatoms. The van der Waals surface area contributed by atoms with Gasteiger partial charge >= 0.3 is 0 Å². The largest absolute Gasteiger partial charge is 0.274 e. The minimum absolute atomic E-state index is 0.206. The van der Waals surface area contributed by atoms with E-state index in [9.17, 15) is 0 Å². The predicted molar refractivity (Wildman–Crippen MR) is 308 cm³/mol. The molecule has 72 heavy (non-hydrogen) atoms. The summed E-state index contributed by atoms with van der Waals surface area (Å²) in [5.41, 5.74) is 3.22. The molecule has 0 aliphatic carbocycles. The first-order chi connectivity index (χ1) is 35.1. The third-order valence-electron chi connectivity index (χ3n) is 16.0. The maximum absolute atomic E-state index is 15.5. The first kappa shape index (κ1) is 57.7. The molecule has 0 saturated heterocycles. The molecule has 2 aromatic heterocycles. The van der Waals surface area contributed by atoms with E-state index in [-0.39, 0.29) is 35.5 Å². The van der Waals surface area contributed by atoms with Crippen molar-refractivity contribution in [1.29, 1.82) is 0 Å². The molecule has 2 aromatic carbocycles. The van der Waals surface area contributed by atoms with Crippen LogP contribution in [0.1, 0.15) is 284 Å². The van der Waals surface area contributed by atoms with Crippen molar-refractivity contribution in [2.45, 2.75) is 247 Å². The van der Waals surface area contributed by atoms with E-state index in [2.05, 4.69) is 65.8 Å². The molecule has 0 N–H and O–H groups in total. The SMILES string of the molecule is CCCCCCCCCCC(CCCCCCCC)CN1C(=O)c2cc(-c3ccc(C)s3)c3c4c(cc(-c5ccc(C)s5)c(c24)C1=O)C(=O)N(CC(CCCCCCCC)CCCCCCCCCC)C3=O. The van der Waals surface area contributed by atoms with Crippen LogP contribution >= 0.6 is 22.7 Å². The van der Waals surface area contributed by atoms with Crippen molar-refractivity contribution in [3.63, 3.8) is 0 Å². The van der Waals surface area contributed by atoms with E-state index in [1.54, 1.807) is 32.5 Å². The normalized spacial score (nSPS) is 14.4. The average molecular weight is 1020 g/mol. The second-order valence-electron chi connectivity index (χ2n) is 22.1. The minimum Gasteiger partial charge on any atom is -0.274 e. The number of imide groups is 2. The fourth-order valence-electron chi connectivity index (χ4n) is 11.8. The zero-order valence-electron chi connectivity index (χ0n) is 46.0. The monoisotopic (exact) mass is 1020 g/mol. The molecule has 6 rings (SSSR count). The molecule has 0 fully saturated rings. The molecular formula is C64H94N2O4S2. The van der Waals surface area contributed by atoms with E-state index in [0.717, 1.165) is 70.9 Å². The molecule has 4 aromatic rings. The first-order valence-corrected chi connectivity index (χ1v) is 31.3. The second-order valence-corrected chi connectivity index (χ2v) is 24.7. The lowest BCUT2D eigenvalue weighted by Crippen LogP contribution is -2.46. The maximum Gasteiger partial charge on any atom is 0.262 e. The van der Waals surface area contributed by atoms with Gasteiger partial charge in [-0.25, -0.2) is 0 Å². The summed E-state index contributed by atoms with van der Waals surface area (Å²) >= 11 is 3.23. The Labute approximate surface area is 444 Å². The van der Waals surface area contributed by atoms with Gasteiger partial charge in [0, 0.05) is 65.6 Å². The van der Waals surface area contributed by atoms with Crippen molar-refractivity contribution < 1.29 is 19.2 Å². The van der Waals surface area contributed by atoms with Crippen LogP contribution < -0.4 is 0 Å². The number of nitrogens with zero attached hydrogens (tertiary/aromatic N) is 2. The smallest absolute Gasteiger partial charge is 0.262 e. The highest BCUT2D eigenvalue weighted by Gasteiger charge is 2.44. The van der Waals surface area contributed by atoms with Crippen LogP contribution in [0.4, 0.5) is 0 Å². The van der Waals surface area contributed by atoms with Gasteiger partial charge in [0.2, 0.25) is 0 Å². The van der Waals surface area contributed by atoms with Crippen molar-refractivity contribution in [3.8, 4) is 20.9 Å². The van der Waals surface area contributed by atoms with Crippen LogP contribution in [0, 0.1) is 25.7 Å². The number of carbonyl (C=O) groups excluding carboxylic acids is 4. The van der Waals surface area contributed by atoms with Gasteiger partial charge < -0.3 is 0 Å². The number of benzene rings is 2. The summed E-state index contributed by atoms with van der Waals surface area (Å²) in [7, 11) is 0. The lowest BCUT2D eigenvalue weighted by Gasteiger charge is -2.36. The molecule has 0 radical (unpaired) electrons. The van der Waals surface area contributed by atoms with E-state index in [1.807, 2.05) is 12.1 Å². The number of amides is 4. The van der Waals surface area contributed by atoms with E-state index >= 15 is 19.2 Å². The number of unbranched alkanes of at least 4 members (excludes halogenated alkanes) is 24. The third kappa shape index (κ3) is 15.7. The summed E-state index contributed by atoms with van der Waals surface area (Å²) in [4.78, 5) is 68.9. The number of hydrogen-bond donors (Lipinski definition) is 0. The van der Waals surface area contributed by atoms with Gasteiger partial charge in [-0.3, -0.25) is 29.0 Å². The molecule has 2 aliphatic rings. The molecule has 0 spiro atoms. The Kier molecular flexibility index (Phi) is 24.6. The molecule has 2 atom stereocenters. The van der Waals surface area contributed by atoms with Crippen LogP contribution in [0.3, 0.4) is 0 Å². The summed E-state index contributed by atoms with van der Waals surface area (Å²) in [5.74, 6) is -0.763. The van der Waals surface area contributed by atoms with E-state index in [1.165, 1.54) is 154 Å². The molecule has 2 unspecified atom stereocenters. The fraction of sp³-hybridized carbons (Fsp3) is 0.656. The van der Waals surface area contributed by atoms with Gasteiger partial charge in [-0.2, -0.15) is 0 Å². The first-order valence-electron chi connectivity index (χ1n) is 29.7. The minimum atomic E-state index is -0.297. The van der Waals surface area contributed by atoms with E-state index < -0.39 is 0 Å². The average Bonchev–Trinajstić information content (AvgIpc) is 4.02. The van der Waals surface area contributed by atoms with E-state index in [4.69, 9.17) is 0 Å². The lowest BCUT2D eigenvalue weighted by atomic mass is 9.80. The highest BCUT2D eigenvalue weighted by molar-refractivity contribution is 7.15. The van der Waals surface area contributed by atoms with Crippen LogP contribution in [0.25, 0.3) is 31.7 Å². The molecular weight excluding hydrogens is 925 g/mol. The maximum atomic E-state index is 15.5. The zero-order valence-corrected chi connectivity index (χ0v) is 47.6. The van der Waals surface area contributed by atoms with E-state index in [0.29, 0.717) is 57.2 Å². The summed E-state index contributed by atoms with van der Waals surface area (Å²) < 4.78 is 0. The Morgan fingerprint density at radius 2 is 0.639 bits per heavy atom. The molecule has 0 saturated carbocycles.